The summed E-state index contributed by atoms with van der Waals surface area (Å²) in [6, 6.07) is 8.95. The summed E-state index contributed by atoms with van der Waals surface area (Å²) in [4.78, 5) is 4.00. The Labute approximate surface area is 151 Å². The average molecular weight is 378 g/mol. The molecule has 0 aliphatic heterocycles. The third-order valence-electron chi connectivity index (χ3n) is 3.32. The van der Waals surface area contributed by atoms with Crippen molar-refractivity contribution in [3.05, 3.63) is 70.4 Å². The highest BCUT2D eigenvalue weighted by Gasteiger charge is 2.14. The van der Waals surface area contributed by atoms with Crippen LogP contribution >= 0.6 is 11.3 Å². The van der Waals surface area contributed by atoms with E-state index in [4.69, 9.17) is 10.5 Å². The van der Waals surface area contributed by atoms with Crippen molar-refractivity contribution in [2.45, 2.75) is 6.61 Å². The van der Waals surface area contributed by atoms with Crippen LogP contribution < -0.4 is 15.9 Å². The van der Waals surface area contributed by atoms with Gasteiger partial charge in [0, 0.05) is 10.9 Å². The molecule has 0 aliphatic rings. The van der Waals surface area contributed by atoms with E-state index in [1.54, 1.807) is 29.6 Å². The summed E-state index contributed by atoms with van der Waals surface area (Å²) in [7, 11) is 0. The Morgan fingerprint density at radius 3 is 2.73 bits per heavy atom. The van der Waals surface area contributed by atoms with E-state index >= 15 is 0 Å². The summed E-state index contributed by atoms with van der Waals surface area (Å²) in [6.45, 7) is -0.0472. The van der Waals surface area contributed by atoms with Gasteiger partial charge in [0.05, 0.1) is 6.21 Å². The standard InChI is InChI=1S/C17H13F3N4OS/c18-12-5-6-13(16(20)15(12)19)25-8-11-4-2-1-3-10(11)7-22-24-17-23-14(21)9-26-17/h1-7,9H,8,21H2,(H,23,24). The van der Waals surface area contributed by atoms with Crippen molar-refractivity contribution in [2.75, 3.05) is 11.2 Å². The summed E-state index contributed by atoms with van der Waals surface area (Å²) in [5.41, 5.74) is 9.65. The zero-order chi connectivity index (χ0) is 18.5. The maximum absolute atomic E-state index is 13.7. The topological polar surface area (TPSA) is 72.5 Å². The highest BCUT2D eigenvalue weighted by Crippen LogP contribution is 2.23. The molecule has 134 valence electrons. The van der Waals surface area contributed by atoms with Gasteiger partial charge in [0.25, 0.3) is 0 Å². The minimum Gasteiger partial charge on any atom is -0.486 e. The lowest BCUT2D eigenvalue weighted by Gasteiger charge is -2.10. The summed E-state index contributed by atoms with van der Waals surface area (Å²) >= 11 is 1.31. The SMILES string of the molecule is Nc1csc(NN=Cc2ccccc2COc2ccc(F)c(F)c2F)n1. The molecule has 0 spiro atoms. The molecule has 0 radical (unpaired) electrons. The molecule has 3 N–H and O–H groups in total. The van der Waals surface area contributed by atoms with Gasteiger partial charge in [-0.15, -0.1) is 11.3 Å². The highest BCUT2D eigenvalue weighted by molar-refractivity contribution is 7.14. The van der Waals surface area contributed by atoms with Gasteiger partial charge < -0.3 is 10.5 Å². The van der Waals surface area contributed by atoms with Crippen molar-refractivity contribution >= 4 is 28.5 Å². The van der Waals surface area contributed by atoms with Crippen LogP contribution in [0, 0.1) is 17.5 Å². The monoisotopic (exact) mass is 378 g/mol. The normalized spacial score (nSPS) is 11.0. The third kappa shape index (κ3) is 4.12. The number of benzene rings is 2. The predicted octanol–water partition coefficient (Wildman–Crippen LogP) is 4.17. The summed E-state index contributed by atoms with van der Waals surface area (Å²) in [6.07, 6.45) is 1.54. The zero-order valence-electron chi connectivity index (χ0n) is 13.2. The molecule has 0 atom stereocenters. The van der Waals surface area contributed by atoms with Gasteiger partial charge in [-0.1, -0.05) is 24.3 Å². The fraction of sp³-hybridized carbons (Fsp3) is 0.0588. The largest absolute Gasteiger partial charge is 0.486 e. The summed E-state index contributed by atoms with van der Waals surface area (Å²) < 4.78 is 45.2. The molecule has 5 nitrogen and oxygen atoms in total. The number of hydrogen-bond donors (Lipinski definition) is 2. The van der Waals surface area contributed by atoms with E-state index in [0.29, 0.717) is 22.1 Å². The van der Waals surface area contributed by atoms with Gasteiger partial charge in [0.15, 0.2) is 17.4 Å². The number of hydrazone groups is 1. The van der Waals surface area contributed by atoms with Gasteiger partial charge in [0.1, 0.15) is 12.4 Å². The van der Waals surface area contributed by atoms with Crippen LogP contribution in [0.25, 0.3) is 0 Å². The summed E-state index contributed by atoms with van der Waals surface area (Å²) in [5, 5.41) is 6.28. The number of thiazole rings is 1. The average Bonchev–Trinajstić information content (AvgIpc) is 3.05. The lowest BCUT2D eigenvalue weighted by molar-refractivity contribution is 0.281. The predicted molar refractivity (Wildman–Crippen MR) is 94.8 cm³/mol. The second-order valence-corrected chi connectivity index (χ2v) is 5.97. The van der Waals surface area contributed by atoms with Gasteiger partial charge >= 0.3 is 0 Å². The Balaban J connectivity index is 1.70. The minimum absolute atomic E-state index is 0.0472. The second-order valence-electron chi connectivity index (χ2n) is 5.11. The lowest BCUT2D eigenvalue weighted by atomic mass is 10.1. The molecule has 1 heterocycles. The maximum atomic E-state index is 13.7. The van der Waals surface area contributed by atoms with Crippen molar-refractivity contribution in [3.8, 4) is 5.75 Å². The Bertz CT molecular complexity index is 946. The first-order valence-electron chi connectivity index (χ1n) is 7.39. The first kappa shape index (κ1) is 17.7. The number of ether oxygens (including phenoxy) is 1. The first-order chi connectivity index (χ1) is 12.5. The number of rotatable bonds is 6. The number of nitrogens with zero attached hydrogens (tertiary/aromatic N) is 2. The smallest absolute Gasteiger partial charge is 0.205 e. The molecule has 9 heteroatoms. The molecule has 26 heavy (non-hydrogen) atoms. The quantitative estimate of drug-likeness (QED) is 0.384. The lowest BCUT2D eigenvalue weighted by Crippen LogP contribution is -2.03. The van der Waals surface area contributed by atoms with Gasteiger partial charge in [-0.05, 0) is 17.7 Å². The Morgan fingerprint density at radius 2 is 1.96 bits per heavy atom. The van der Waals surface area contributed by atoms with E-state index < -0.39 is 17.5 Å². The zero-order valence-corrected chi connectivity index (χ0v) is 14.1. The van der Waals surface area contributed by atoms with Gasteiger partial charge in [-0.3, -0.25) is 5.43 Å². The number of anilines is 2. The maximum Gasteiger partial charge on any atom is 0.205 e. The van der Waals surface area contributed by atoms with Crippen LogP contribution in [0.1, 0.15) is 11.1 Å². The van der Waals surface area contributed by atoms with E-state index in [1.807, 2.05) is 0 Å². The van der Waals surface area contributed by atoms with Crippen LogP contribution in [-0.4, -0.2) is 11.2 Å². The number of nitrogens with one attached hydrogen (secondary N) is 1. The molecular weight excluding hydrogens is 365 g/mol. The van der Waals surface area contributed by atoms with Crippen molar-refractivity contribution in [2.24, 2.45) is 5.10 Å². The Hall–Kier alpha value is -3.07. The van der Waals surface area contributed by atoms with E-state index in [0.717, 1.165) is 12.1 Å². The van der Waals surface area contributed by atoms with Gasteiger partial charge in [-0.25, -0.2) is 13.8 Å². The second kappa shape index (κ2) is 7.87. The fourth-order valence-corrected chi connectivity index (χ4v) is 2.61. The van der Waals surface area contributed by atoms with Crippen molar-refractivity contribution in [3.63, 3.8) is 0 Å². The van der Waals surface area contributed by atoms with Crippen LogP contribution in [0.3, 0.4) is 0 Å². The third-order valence-corrected chi connectivity index (χ3v) is 4.09. The van der Waals surface area contributed by atoms with Crippen molar-refractivity contribution in [1.82, 2.24) is 4.98 Å². The van der Waals surface area contributed by atoms with Gasteiger partial charge in [-0.2, -0.15) is 9.49 Å². The Kier molecular flexibility index (Phi) is 5.37. The molecule has 3 aromatic rings. The molecule has 0 fully saturated rings. The molecular formula is C17H13F3N4OS. The van der Waals surface area contributed by atoms with Gasteiger partial charge in [0.2, 0.25) is 10.9 Å². The molecule has 0 saturated heterocycles. The minimum atomic E-state index is -1.57. The van der Waals surface area contributed by atoms with Crippen LogP contribution in [0.4, 0.5) is 24.1 Å². The molecule has 0 bridgehead atoms. The van der Waals surface area contributed by atoms with Crippen molar-refractivity contribution in [1.29, 1.82) is 0 Å². The molecule has 0 unspecified atom stereocenters. The molecule has 3 rings (SSSR count). The van der Waals surface area contributed by atoms with E-state index in [9.17, 15) is 13.2 Å². The highest BCUT2D eigenvalue weighted by atomic mass is 32.1. The number of halogens is 3. The molecule has 0 amide bonds. The van der Waals surface area contributed by atoms with Crippen LogP contribution in [0.5, 0.6) is 5.75 Å². The van der Waals surface area contributed by atoms with E-state index in [1.165, 1.54) is 17.6 Å². The summed E-state index contributed by atoms with van der Waals surface area (Å²) in [5.74, 6) is -4.16. The number of hydrogen-bond acceptors (Lipinski definition) is 6. The molecule has 1 aromatic heterocycles. The fourth-order valence-electron chi connectivity index (χ4n) is 2.06. The van der Waals surface area contributed by atoms with E-state index in [-0.39, 0.29) is 12.4 Å². The van der Waals surface area contributed by atoms with Crippen LogP contribution in [0.15, 0.2) is 46.9 Å². The Morgan fingerprint density at radius 1 is 1.15 bits per heavy atom. The molecule has 0 aliphatic carbocycles. The number of nitrogens with two attached hydrogens (primary N) is 1. The van der Waals surface area contributed by atoms with Crippen LogP contribution in [-0.2, 0) is 6.61 Å². The van der Waals surface area contributed by atoms with E-state index in [2.05, 4.69) is 15.5 Å². The van der Waals surface area contributed by atoms with Crippen molar-refractivity contribution < 1.29 is 17.9 Å². The number of aromatic nitrogens is 1. The molecule has 2 aromatic carbocycles. The van der Waals surface area contributed by atoms with Crippen LogP contribution in [0.2, 0.25) is 0 Å². The first-order valence-corrected chi connectivity index (χ1v) is 8.27. The number of nitrogen functional groups attached to an aromatic ring is 1. The molecule has 0 saturated carbocycles.